The zero-order valence-electron chi connectivity index (χ0n) is 26.1. The average molecular weight is 600 g/mol. The predicted molar refractivity (Wildman–Crippen MR) is 198 cm³/mol. The molecule has 1 aliphatic carbocycles. The molecule has 11 rings (SSSR count). The Balaban J connectivity index is 1.27. The first-order valence-corrected chi connectivity index (χ1v) is 16.4. The van der Waals surface area contributed by atoms with Gasteiger partial charge in [0.25, 0.3) is 0 Å². The lowest BCUT2D eigenvalue weighted by Gasteiger charge is -2.24. The summed E-state index contributed by atoms with van der Waals surface area (Å²) in [5.41, 5.74) is 10.7. The van der Waals surface area contributed by atoms with Gasteiger partial charge in [-0.05, 0) is 97.0 Å². The monoisotopic (exact) mass is 599 g/mol. The third-order valence-electron chi connectivity index (χ3n) is 10.9. The second-order valence-electron chi connectivity index (χ2n) is 13.7. The summed E-state index contributed by atoms with van der Waals surface area (Å²) in [7, 11) is 0. The molecule has 8 aromatic carbocycles. The molecule has 2 nitrogen and oxygen atoms in total. The zero-order chi connectivity index (χ0) is 31.0. The topological polar surface area (TPSA) is 18.1 Å². The highest BCUT2D eigenvalue weighted by atomic mass is 16.3. The fourth-order valence-corrected chi connectivity index (χ4v) is 8.86. The maximum absolute atomic E-state index is 6.24. The van der Waals surface area contributed by atoms with E-state index in [2.05, 4.69) is 152 Å². The Morgan fingerprint density at radius 1 is 0.447 bits per heavy atom. The molecule has 0 unspecified atom stereocenters. The number of fused-ring (bicyclic) bond motifs is 16. The van der Waals surface area contributed by atoms with E-state index < -0.39 is 0 Å². The van der Waals surface area contributed by atoms with Crippen molar-refractivity contribution in [2.45, 2.75) is 19.3 Å². The van der Waals surface area contributed by atoms with Crippen molar-refractivity contribution in [3.8, 4) is 16.8 Å². The fraction of sp³-hybridized carbons (Fsp3) is 0.0667. The maximum atomic E-state index is 6.24. The molecule has 220 valence electrons. The quantitative estimate of drug-likeness (QED) is 0.172. The van der Waals surface area contributed by atoms with Gasteiger partial charge in [0.15, 0.2) is 0 Å². The Morgan fingerprint density at radius 2 is 1.04 bits per heavy atom. The summed E-state index contributed by atoms with van der Waals surface area (Å²) in [5, 5.41) is 12.8. The minimum absolute atomic E-state index is 0.219. The first-order chi connectivity index (χ1) is 23.1. The summed E-state index contributed by atoms with van der Waals surface area (Å²) in [5.74, 6) is 0. The second-order valence-corrected chi connectivity index (χ2v) is 13.7. The van der Waals surface area contributed by atoms with E-state index in [-0.39, 0.29) is 5.41 Å². The van der Waals surface area contributed by atoms with Crippen LogP contribution in [-0.2, 0) is 5.41 Å². The van der Waals surface area contributed by atoms with Crippen LogP contribution in [0.4, 0.5) is 0 Å². The standard InChI is InChI=1S/C45H29NO/c1-45(2)39-25-36-30-14-6-4-12-28(30)27-11-3-5-13-29(27)35(36)24-37(39)33-20-21-34-31-15-7-9-17-40(31)46(44(34)43(33)45)26-19-22-42-38(23-26)32-16-8-10-18-41(32)47-42/h3-25H,1-2H3. The van der Waals surface area contributed by atoms with Gasteiger partial charge in [-0.15, -0.1) is 0 Å². The van der Waals surface area contributed by atoms with E-state index in [1.165, 1.54) is 76.4 Å². The summed E-state index contributed by atoms with van der Waals surface area (Å²) in [4.78, 5) is 0. The van der Waals surface area contributed by atoms with Crippen molar-refractivity contribution in [2.75, 3.05) is 0 Å². The molecule has 10 aromatic rings. The van der Waals surface area contributed by atoms with Crippen LogP contribution in [0.3, 0.4) is 0 Å². The molecule has 0 saturated heterocycles. The van der Waals surface area contributed by atoms with Gasteiger partial charge in [0.05, 0.1) is 11.0 Å². The smallest absolute Gasteiger partial charge is 0.135 e. The van der Waals surface area contributed by atoms with Gasteiger partial charge in [0, 0.05) is 32.6 Å². The minimum atomic E-state index is -0.219. The number of para-hydroxylation sites is 2. The first-order valence-electron chi connectivity index (χ1n) is 16.4. The molecular weight excluding hydrogens is 571 g/mol. The van der Waals surface area contributed by atoms with Crippen LogP contribution in [0.15, 0.2) is 144 Å². The lowest BCUT2D eigenvalue weighted by Crippen LogP contribution is -2.16. The van der Waals surface area contributed by atoms with Gasteiger partial charge in [-0.3, -0.25) is 0 Å². The number of nitrogens with zero attached hydrogens (tertiary/aromatic N) is 1. The lowest BCUT2D eigenvalue weighted by molar-refractivity contribution is 0.664. The Labute approximate surface area is 271 Å². The van der Waals surface area contributed by atoms with Gasteiger partial charge < -0.3 is 8.98 Å². The third kappa shape index (κ3) is 3.15. The molecule has 0 atom stereocenters. The second kappa shape index (κ2) is 8.69. The number of aromatic nitrogens is 1. The molecule has 2 heteroatoms. The Morgan fingerprint density at radius 3 is 1.79 bits per heavy atom. The SMILES string of the molecule is CC1(C)c2cc3c4ccccc4c4ccccc4c3cc2-c2ccc3c4ccccc4n(-c4ccc5oc6ccccc6c5c4)c3c21. The van der Waals surface area contributed by atoms with Gasteiger partial charge >= 0.3 is 0 Å². The zero-order valence-corrected chi connectivity index (χ0v) is 26.1. The third-order valence-corrected chi connectivity index (χ3v) is 10.9. The summed E-state index contributed by atoms with van der Waals surface area (Å²) in [6.07, 6.45) is 0. The van der Waals surface area contributed by atoms with E-state index in [1.807, 2.05) is 6.07 Å². The molecule has 47 heavy (non-hydrogen) atoms. The van der Waals surface area contributed by atoms with Crippen molar-refractivity contribution < 1.29 is 4.42 Å². The van der Waals surface area contributed by atoms with Crippen molar-refractivity contribution in [3.05, 3.63) is 151 Å². The lowest BCUT2D eigenvalue weighted by atomic mass is 9.80. The van der Waals surface area contributed by atoms with Crippen LogP contribution in [0.1, 0.15) is 25.0 Å². The minimum Gasteiger partial charge on any atom is -0.456 e. The van der Waals surface area contributed by atoms with Gasteiger partial charge in [-0.1, -0.05) is 111 Å². The molecule has 0 spiro atoms. The molecule has 0 bridgehead atoms. The van der Waals surface area contributed by atoms with Crippen LogP contribution < -0.4 is 0 Å². The molecule has 0 N–H and O–H groups in total. The Hall–Kier alpha value is -5.86. The molecule has 2 aromatic heterocycles. The number of furan rings is 1. The fourth-order valence-electron chi connectivity index (χ4n) is 8.86. The van der Waals surface area contributed by atoms with Crippen LogP contribution in [0, 0.1) is 0 Å². The van der Waals surface area contributed by atoms with E-state index in [9.17, 15) is 0 Å². The maximum Gasteiger partial charge on any atom is 0.135 e. The normalized spacial score (nSPS) is 13.9. The van der Waals surface area contributed by atoms with Gasteiger partial charge in [0.1, 0.15) is 11.2 Å². The van der Waals surface area contributed by atoms with Crippen LogP contribution in [-0.4, -0.2) is 4.57 Å². The largest absolute Gasteiger partial charge is 0.456 e. The Kier molecular flexibility index (Phi) is 4.68. The summed E-state index contributed by atoms with van der Waals surface area (Å²) >= 11 is 0. The summed E-state index contributed by atoms with van der Waals surface area (Å²) in [6, 6.07) is 51.4. The van der Waals surface area contributed by atoms with Crippen LogP contribution >= 0.6 is 0 Å². The Bertz CT molecular complexity index is 2990. The van der Waals surface area contributed by atoms with E-state index in [0.717, 1.165) is 27.6 Å². The van der Waals surface area contributed by atoms with Crippen LogP contribution in [0.25, 0.3) is 92.9 Å². The molecule has 0 fully saturated rings. The van der Waals surface area contributed by atoms with Crippen LogP contribution in [0.2, 0.25) is 0 Å². The van der Waals surface area contributed by atoms with Gasteiger partial charge in [-0.2, -0.15) is 0 Å². The van der Waals surface area contributed by atoms with Gasteiger partial charge in [0.2, 0.25) is 0 Å². The average Bonchev–Trinajstić information content (AvgIpc) is 3.73. The van der Waals surface area contributed by atoms with E-state index >= 15 is 0 Å². The molecule has 0 aliphatic heterocycles. The highest BCUT2D eigenvalue weighted by Crippen LogP contribution is 2.55. The summed E-state index contributed by atoms with van der Waals surface area (Å²) < 4.78 is 8.74. The van der Waals surface area contributed by atoms with Crippen LogP contribution in [0.5, 0.6) is 0 Å². The first kappa shape index (κ1) is 25.3. The van der Waals surface area contributed by atoms with E-state index in [4.69, 9.17) is 4.42 Å². The molecule has 0 amide bonds. The molecular formula is C45H29NO. The predicted octanol–water partition coefficient (Wildman–Crippen LogP) is 12.4. The van der Waals surface area contributed by atoms with Crippen molar-refractivity contribution in [1.29, 1.82) is 0 Å². The summed E-state index contributed by atoms with van der Waals surface area (Å²) in [6.45, 7) is 4.84. The van der Waals surface area contributed by atoms with E-state index in [0.29, 0.717) is 0 Å². The number of hydrogen-bond donors (Lipinski definition) is 0. The molecule has 0 radical (unpaired) electrons. The van der Waals surface area contributed by atoms with Crippen molar-refractivity contribution in [2.24, 2.45) is 0 Å². The van der Waals surface area contributed by atoms with Crippen molar-refractivity contribution >= 4 is 76.1 Å². The number of rotatable bonds is 1. The van der Waals surface area contributed by atoms with Crippen molar-refractivity contribution in [3.63, 3.8) is 0 Å². The van der Waals surface area contributed by atoms with E-state index in [1.54, 1.807) is 0 Å². The van der Waals surface area contributed by atoms with Gasteiger partial charge in [-0.25, -0.2) is 0 Å². The number of hydrogen-bond acceptors (Lipinski definition) is 1. The molecule has 1 aliphatic rings. The highest BCUT2D eigenvalue weighted by Gasteiger charge is 2.39. The number of benzene rings is 8. The van der Waals surface area contributed by atoms with Crippen molar-refractivity contribution in [1.82, 2.24) is 4.57 Å². The molecule has 0 saturated carbocycles. The molecule has 2 heterocycles. The highest BCUT2D eigenvalue weighted by molar-refractivity contribution is 6.26.